The van der Waals surface area contributed by atoms with E-state index >= 15 is 0 Å². The fourth-order valence-corrected chi connectivity index (χ4v) is 3.94. The molecule has 2 aromatic carbocycles. The molecule has 1 aliphatic rings. The van der Waals surface area contributed by atoms with Gasteiger partial charge in [0.25, 0.3) is 0 Å². The molecule has 0 saturated heterocycles. The minimum absolute atomic E-state index is 0.0754. The second-order valence-electron chi connectivity index (χ2n) is 7.45. The highest BCUT2D eigenvalue weighted by Gasteiger charge is 2.27. The van der Waals surface area contributed by atoms with Gasteiger partial charge in [-0.1, -0.05) is 31.9 Å². The van der Waals surface area contributed by atoms with Crippen molar-refractivity contribution in [3.05, 3.63) is 53.8 Å². The molecular formula is C23H25FO4. The van der Waals surface area contributed by atoms with Crippen molar-refractivity contribution in [1.82, 2.24) is 0 Å². The van der Waals surface area contributed by atoms with E-state index in [1.807, 2.05) is 0 Å². The van der Waals surface area contributed by atoms with Gasteiger partial charge in [-0.05, 0) is 73.1 Å². The first-order chi connectivity index (χ1) is 13.5. The standard InChI is InChI=1S/C23H25FO4/c1-2-3-15-4-6-17(7-5-15)23(27)28-19-12-13-20(22(25)26)21(14-19)16-8-10-18(24)11-9-16/h8-15,17H,2-7H2,1H3,(H,25,26). The van der Waals surface area contributed by atoms with E-state index in [9.17, 15) is 19.1 Å². The summed E-state index contributed by atoms with van der Waals surface area (Å²) in [5, 5.41) is 9.44. The van der Waals surface area contributed by atoms with Crippen molar-refractivity contribution in [3.8, 4) is 16.9 Å². The molecule has 0 atom stereocenters. The van der Waals surface area contributed by atoms with Crippen LogP contribution in [0.15, 0.2) is 42.5 Å². The summed E-state index contributed by atoms with van der Waals surface area (Å²) in [6.45, 7) is 2.18. The van der Waals surface area contributed by atoms with Gasteiger partial charge in [-0.2, -0.15) is 0 Å². The Hall–Kier alpha value is -2.69. The first-order valence-electron chi connectivity index (χ1n) is 9.83. The average molecular weight is 384 g/mol. The van der Waals surface area contributed by atoms with Gasteiger partial charge in [0.05, 0.1) is 11.5 Å². The van der Waals surface area contributed by atoms with Crippen LogP contribution in [0.3, 0.4) is 0 Å². The largest absolute Gasteiger partial charge is 0.478 e. The third-order valence-corrected chi connectivity index (χ3v) is 5.47. The highest BCUT2D eigenvalue weighted by atomic mass is 19.1. The Balaban J connectivity index is 1.76. The Kier molecular flexibility index (Phi) is 6.45. The molecule has 1 fully saturated rings. The van der Waals surface area contributed by atoms with Crippen molar-refractivity contribution in [2.45, 2.75) is 45.4 Å². The van der Waals surface area contributed by atoms with Gasteiger partial charge in [-0.15, -0.1) is 0 Å². The Morgan fingerprint density at radius 1 is 1.07 bits per heavy atom. The monoisotopic (exact) mass is 384 g/mol. The fourth-order valence-electron chi connectivity index (χ4n) is 3.94. The first-order valence-corrected chi connectivity index (χ1v) is 9.83. The highest BCUT2D eigenvalue weighted by molar-refractivity contribution is 5.96. The Labute approximate surface area is 164 Å². The topological polar surface area (TPSA) is 63.6 Å². The van der Waals surface area contributed by atoms with Gasteiger partial charge in [0, 0.05) is 0 Å². The van der Waals surface area contributed by atoms with E-state index in [0.717, 1.165) is 25.7 Å². The lowest BCUT2D eigenvalue weighted by Crippen LogP contribution is -2.25. The molecule has 5 heteroatoms. The summed E-state index contributed by atoms with van der Waals surface area (Å²) in [4.78, 5) is 24.1. The van der Waals surface area contributed by atoms with Gasteiger partial charge in [0.15, 0.2) is 0 Å². The number of aromatic carboxylic acids is 1. The smallest absolute Gasteiger partial charge is 0.336 e. The maximum Gasteiger partial charge on any atom is 0.336 e. The van der Waals surface area contributed by atoms with Crippen LogP contribution in [0, 0.1) is 17.7 Å². The van der Waals surface area contributed by atoms with Crippen LogP contribution in [-0.2, 0) is 4.79 Å². The van der Waals surface area contributed by atoms with Crippen LogP contribution in [-0.4, -0.2) is 17.0 Å². The molecule has 0 unspecified atom stereocenters. The zero-order valence-corrected chi connectivity index (χ0v) is 16.0. The lowest BCUT2D eigenvalue weighted by Gasteiger charge is -2.26. The predicted molar refractivity (Wildman–Crippen MR) is 105 cm³/mol. The number of benzene rings is 2. The quantitative estimate of drug-likeness (QED) is 0.512. The second kappa shape index (κ2) is 9.00. The highest BCUT2D eigenvalue weighted by Crippen LogP contribution is 2.33. The van der Waals surface area contributed by atoms with Gasteiger partial charge < -0.3 is 9.84 Å². The van der Waals surface area contributed by atoms with E-state index in [-0.39, 0.29) is 17.5 Å². The van der Waals surface area contributed by atoms with Crippen molar-refractivity contribution in [2.24, 2.45) is 11.8 Å². The van der Waals surface area contributed by atoms with E-state index < -0.39 is 11.8 Å². The van der Waals surface area contributed by atoms with E-state index in [1.165, 1.54) is 55.3 Å². The van der Waals surface area contributed by atoms with E-state index in [1.54, 1.807) is 0 Å². The number of hydrogen-bond acceptors (Lipinski definition) is 3. The molecule has 0 aromatic heterocycles. The number of rotatable bonds is 6. The summed E-state index contributed by atoms with van der Waals surface area (Å²) in [5.74, 6) is -0.850. The number of carbonyl (C=O) groups is 2. The molecule has 0 heterocycles. The fraction of sp³-hybridized carbons (Fsp3) is 0.391. The van der Waals surface area contributed by atoms with Crippen molar-refractivity contribution in [1.29, 1.82) is 0 Å². The van der Waals surface area contributed by atoms with Crippen LogP contribution in [0.4, 0.5) is 4.39 Å². The molecule has 0 aliphatic heterocycles. The Bertz CT molecular complexity index is 836. The zero-order chi connectivity index (χ0) is 20.1. The van der Waals surface area contributed by atoms with Gasteiger partial charge >= 0.3 is 11.9 Å². The van der Waals surface area contributed by atoms with Crippen LogP contribution in [0.5, 0.6) is 5.75 Å². The number of esters is 1. The molecular weight excluding hydrogens is 359 g/mol. The molecule has 2 aromatic rings. The lowest BCUT2D eigenvalue weighted by molar-refractivity contribution is -0.140. The molecule has 0 radical (unpaired) electrons. The first kappa shape index (κ1) is 20.1. The minimum Gasteiger partial charge on any atom is -0.478 e. The number of hydrogen-bond donors (Lipinski definition) is 1. The minimum atomic E-state index is -1.09. The second-order valence-corrected chi connectivity index (χ2v) is 7.45. The van der Waals surface area contributed by atoms with Crippen LogP contribution in [0.25, 0.3) is 11.1 Å². The number of halogens is 1. The van der Waals surface area contributed by atoms with Crippen molar-refractivity contribution >= 4 is 11.9 Å². The molecule has 0 bridgehead atoms. The maximum atomic E-state index is 13.2. The van der Waals surface area contributed by atoms with E-state index in [0.29, 0.717) is 22.8 Å². The summed E-state index contributed by atoms with van der Waals surface area (Å²) in [5.41, 5.74) is 1.02. The summed E-state index contributed by atoms with van der Waals surface area (Å²) in [7, 11) is 0. The number of carboxylic acid groups (broad SMARTS) is 1. The number of ether oxygens (including phenoxy) is 1. The molecule has 1 N–H and O–H groups in total. The molecule has 3 rings (SSSR count). The molecule has 0 spiro atoms. The average Bonchev–Trinajstić information content (AvgIpc) is 2.69. The van der Waals surface area contributed by atoms with E-state index in [2.05, 4.69) is 6.92 Å². The third-order valence-electron chi connectivity index (χ3n) is 5.47. The number of carbonyl (C=O) groups excluding carboxylic acids is 1. The van der Waals surface area contributed by atoms with Crippen LogP contribution < -0.4 is 4.74 Å². The van der Waals surface area contributed by atoms with Crippen molar-refractivity contribution < 1.29 is 23.8 Å². The van der Waals surface area contributed by atoms with Gasteiger partial charge in [-0.25, -0.2) is 9.18 Å². The van der Waals surface area contributed by atoms with Gasteiger partial charge in [0.2, 0.25) is 0 Å². The van der Waals surface area contributed by atoms with Crippen LogP contribution in [0.1, 0.15) is 55.8 Å². The maximum absolute atomic E-state index is 13.2. The Morgan fingerprint density at radius 3 is 2.36 bits per heavy atom. The van der Waals surface area contributed by atoms with Crippen LogP contribution in [0.2, 0.25) is 0 Å². The Morgan fingerprint density at radius 2 is 1.75 bits per heavy atom. The predicted octanol–water partition coefficient (Wildman–Crippen LogP) is 5.70. The molecule has 4 nitrogen and oxygen atoms in total. The van der Waals surface area contributed by atoms with Crippen molar-refractivity contribution in [3.63, 3.8) is 0 Å². The van der Waals surface area contributed by atoms with Crippen LogP contribution >= 0.6 is 0 Å². The third kappa shape index (κ3) is 4.77. The lowest BCUT2D eigenvalue weighted by atomic mass is 9.80. The molecule has 1 saturated carbocycles. The summed E-state index contributed by atoms with van der Waals surface area (Å²) < 4.78 is 18.8. The van der Waals surface area contributed by atoms with Crippen molar-refractivity contribution in [2.75, 3.05) is 0 Å². The van der Waals surface area contributed by atoms with Gasteiger partial charge in [-0.3, -0.25) is 4.79 Å². The summed E-state index contributed by atoms with van der Waals surface area (Å²) in [6.07, 6.45) is 6.14. The molecule has 1 aliphatic carbocycles. The molecule has 28 heavy (non-hydrogen) atoms. The van der Waals surface area contributed by atoms with E-state index in [4.69, 9.17) is 4.74 Å². The molecule has 148 valence electrons. The summed E-state index contributed by atoms with van der Waals surface area (Å²) in [6, 6.07) is 10.0. The zero-order valence-electron chi connectivity index (χ0n) is 16.0. The molecule has 0 amide bonds. The van der Waals surface area contributed by atoms with Gasteiger partial charge in [0.1, 0.15) is 11.6 Å². The summed E-state index contributed by atoms with van der Waals surface area (Å²) >= 11 is 0. The SMILES string of the molecule is CCCC1CCC(C(=O)Oc2ccc(C(=O)O)c(-c3ccc(F)cc3)c2)CC1. The normalized spacial score (nSPS) is 19.2. The number of carboxylic acids is 1.